The van der Waals surface area contributed by atoms with Gasteiger partial charge in [0.05, 0.1) is 30.0 Å². The molecule has 1 unspecified atom stereocenters. The number of aryl methyl sites for hydroxylation is 2. The van der Waals surface area contributed by atoms with Gasteiger partial charge in [0, 0.05) is 32.3 Å². The molecule has 1 amide bonds. The van der Waals surface area contributed by atoms with Gasteiger partial charge >= 0.3 is 0 Å². The molecule has 24 heavy (non-hydrogen) atoms. The van der Waals surface area contributed by atoms with Crippen LogP contribution in [0.5, 0.6) is 0 Å². The molecule has 0 saturated carbocycles. The molecular weight excluding hydrogens is 328 g/mol. The molecule has 8 heteroatoms. The van der Waals surface area contributed by atoms with Crippen molar-refractivity contribution in [2.45, 2.75) is 31.2 Å². The second-order valence-corrected chi connectivity index (χ2v) is 6.58. The Morgan fingerprint density at radius 2 is 2.25 bits per heavy atom. The Bertz CT molecular complexity index is 711. The maximum Gasteiger partial charge on any atom is 0.225 e. The summed E-state index contributed by atoms with van der Waals surface area (Å²) in [5, 5.41) is 18.0. The minimum absolute atomic E-state index is 0. The van der Waals surface area contributed by atoms with Crippen LogP contribution in [0.2, 0.25) is 0 Å². The Kier molecular flexibility index (Phi) is 4.91. The Balaban J connectivity index is 0.00000169. The fourth-order valence-corrected chi connectivity index (χ4v) is 3.82. The summed E-state index contributed by atoms with van der Waals surface area (Å²) < 4.78 is 1.79. The van der Waals surface area contributed by atoms with Gasteiger partial charge in [0.1, 0.15) is 0 Å². The summed E-state index contributed by atoms with van der Waals surface area (Å²) in [5.74, 6) is 0.261. The van der Waals surface area contributed by atoms with E-state index in [4.69, 9.17) is 0 Å². The van der Waals surface area contributed by atoms with Crippen LogP contribution in [-0.2, 0) is 18.3 Å². The van der Waals surface area contributed by atoms with Crippen LogP contribution in [0.3, 0.4) is 0 Å². The van der Waals surface area contributed by atoms with Crippen LogP contribution in [-0.4, -0.2) is 39.0 Å². The van der Waals surface area contributed by atoms with Crippen LogP contribution in [0.15, 0.2) is 18.6 Å². The molecule has 2 aromatic heterocycles. The third-order valence-electron chi connectivity index (χ3n) is 5.06. The van der Waals surface area contributed by atoms with Crippen LogP contribution in [0, 0.1) is 5.92 Å². The molecule has 2 aliphatic rings. The first-order chi connectivity index (χ1) is 11.2. The molecule has 7 nitrogen and oxygen atoms in total. The van der Waals surface area contributed by atoms with Gasteiger partial charge in [0.2, 0.25) is 5.91 Å². The van der Waals surface area contributed by atoms with Crippen molar-refractivity contribution in [3.63, 3.8) is 0 Å². The number of aromatic amines is 1. The molecule has 1 fully saturated rings. The number of halogens is 1. The van der Waals surface area contributed by atoms with Crippen molar-refractivity contribution < 1.29 is 4.79 Å². The van der Waals surface area contributed by atoms with Gasteiger partial charge < -0.3 is 10.6 Å². The van der Waals surface area contributed by atoms with Crippen molar-refractivity contribution >= 4 is 18.3 Å². The first kappa shape index (κ1) is 17.0. The first-order valence-electron chi connectivity index (χ1n) is 8.24. The van der Waals surface area contributed by atoms with E-state index in [1.54, 1.807) is 4.68 Å². The lowest BCUT2D eigenvalue weighted by molar-refractivity contribution is -0.125. The van der Waals surface area contributed by atoms with Gasteiger partial charge in [0.25, 0.3) is 0 Å². The first-order valence-corrected chi connectivity index (χ1v) is 8.24. The molecule has 130 valence electrons. The van der Waals surface area contributed by atoms with Crippen molar-refractivity contribution in [1.29, 1.82) is 0 Å². The topological polar surface area (TPSA) is 87.6 Å². The van der Waals surface area contributed by atoms with Gasteiger partial charge in [-0.2, -0.15) is 10.2 Å². The SMILES string of the molecule is Cl.Cn1cc([C@H]2CNC[C@@H]2C(=O)NC2CCCc3cn[nH]c32)cn1. The summed E-state index contributed by atoms with van der Waals surface area (Å²) in [6.45, 7) is 1.54. The highest BCUT2D eigenvalue weighted by Gasteiger charge is 2.36. The molecule has 1 saturated heterocycles. The molecule has 3 N–H and O–H groups in total. The standard InChI is InChI=1S/C16H22N6O.ClH/c1-22-9-11(6-19-22)12-7-17-8-13(12)16(23)20-14-4-2-3-10-5-18-21-15(10)14;/h5-6,9,12-14,17H,2-4,7-8H2,1H3,(H,18,21)(H,20,23);1H/t12-,13+,14?;/m1./s1. The summed E-state index contributed by atoms with van der Waals surface area (Å²) >= 11 is 0. The maximum atomic E-state index is 12.8. The molecule has 4 rings (SSSR count). The summed E-state index contributed by atoms with van der Waals surface area (Å²) in [5.41, 5.74) is 3.44. The Morgan fingerprint density at radius 3 is 3.04 bits per heavy atom. The number of carbonyl (C=O) groups excluding carboxylic acids is 1. The Labute approximate surface area is 147 Å². The van der Waals surface area contributed by atoms with E-state index in [0.717, 1.165) is 37.1 Å². The summed E-state index contributed by atoms with van der Waals surface area (Å²) in [6, 6.07) is 0.0592. The number of nitrogens with zero attached hydrogens (tertiary/aromatic N) is 3. The number of nitrogens with one attached hydrogen (secondary N) is 3. The van der Waals surface area contributed by atoms with E-state index in [1.807, 2.05) is 25.6 Å². The molecule has 0 radical (unpaired) electrons. The molecular formula is C16H23ClN6O. The number of aromatic nitrogens is 4. The second-order valence-electron chi connectivity index (χ2n) is 6.58. The molecule has 0 spiro atoms. The molecule has 0 bridgehead atoms. The predicted octanol–water partition coefficient (Wildman–Crippen LogP) is 1.06. The zero-order valence-electron chi connectivity index (χ0n) is 13.7. The van der Waals surface area contributed by atoms with Crippen molar-refractivity contribution in [3.05, 3.63) is 35.4 Å². The van der Waals surface area contributed by atoms with Gasteiger partial charge in [-0.15, -0.1) is 12.4 Å². The van der Waals surface area contributed by atoms with Crippen LogP contribution in [0.25, 0.3) is 0 Å². The average Bonchev–Trinajstić information content (AvgIpc) is 3.26. The van der Waals surface area contributed by atoms with Crippen molar-refractivity contribution in [2.75, 3.05) is 13.1 Å². The number of rotatable bonds is 3. The maximum absolute atomic E-state index is 12.8. The highest BCUT2D eigenvalue weighted by atomic mass is 35.5. The van der Waals surface area contributed by atoms with Gasteiger partial charge in [-0.05, 0) is 30.4 Å². The summed E-state index contributed by atoms with van der Waals surface area (Å²) in [4.78, 5) is 12.8. The van der Waals surface area contributed by atoms with E-state index in [-0.39, 0.29) is 36.2 Å². The monoisotopic (exact) mass is 350 g/mol. The Morgan fingerprint density at radius 1 is 1.38 bits per heavy atom. The number of amides is 1. The highest BCUT2D eigenvalue weighted by Crippen LogP contribution is 2.31. The van der Waals surface area contributed by atoms with E-state index in [9.17, 15) is 4.79 Å². The van der Waals surface area contributed by atoms with Crippen LogP contribution in [0.4, 0.5) is 0 Å². The van der Waals surface area contributed by atoms with E-state index in [1.165, 1.54) is 5.56 Å². The fourth-order valence-electron chi connectivity index (χ4n) is 3.82. The number of H-pyrrole nitrogens is 1. The van der Waals surface area contributed by atoms with Crippen molar-refractivity contribution in [1.82, 2.24) is 30.6 Å². The smallest absolute Gasteiger partial charge is 0.225 e. The quantitative estimate of drug-likeness (QED) is 0.772. The average molecular weight is 351 g/mol. The van der Waals surface area contributed by atoms with E-state index < -0.39 is 0 Å². The zero-order valence-corrected chi connectivity index (χ0v) is 14.5. The number of hydrogen-bond acceptors (Lipinski definition) is 4. The Hall–Kier alpha value is -1.86. The lowest BCUT2D eigenvalue weighted by Gasteiger charge is -2.25. The van der Waals surface area contributed by atoms with Crippen LogP contribution < -0.4 is 10.6 Å². The third kappa shape index (κ3) is 3.06. The normalized spacial score (nSPS) is 25.8. The minimum atomic E-state index is -0.0486. The number of carbonyl (C=O) groups is 1. The van der Waals surface area contributed by atoms with Crippen LogP contribution in [0.1, 0.15) is 41.6 Å². The predicted molar refractivity (Wildman–Crippen MR) is 92.0 cm³/mol. The molecule has 2 aromatic rings. The number of fused-ring (bicyclic) bond motifs is 1. The minimum Gasteiger partial charge on any atom is -0.347 e. The van der Waals surface area contributed by atoms with Crippen molar-refractivity contribution in [2.24, 2.45) is 13.0 Å². The van der Waals surface area contributed by atoms with Crippen molar-refractivity contribution in [3.8, 4) is 0 Å². The third-order valence-corrected chi connectivity index (χ3v) is 5.06. The van der Waals surface area contributed by atoms with E-state index in [2.05, 4.69) is 25.9 Å². The van der Waals surface area contributed by atoms with Crippen LogP contribution >= 0.6 is 12.4 Å². The highest BCUT2D eigenvalue weighted by molar-refractivity contribution is 5.85. The fraction of sp³-hybridized carbons (Fsp3) is 0.562. The zero-order chi connectivity index (χ0) is 15.8. The molecule has 1 aliphatic carbocycles. The molecule has 3 atom stereocenters. The van der Waals surface area contributed by atoms with E-state index >= 15 is 0 Å². The van der Waals surface area contributed by atoms with Gasteiger partial charge in [-0.25, -0.2) is 0 Å². The largest absolute Gasteiger partial charge is 0.347 e. The van der Waals surface area contributed by atoms with Gasteiger partial charge in [0.15, 0.2) is 0 Å². The second kappa shape index (κ2) is 6.94. The summed E-state index contributed by atoms with van der Waals surface area (Å²) in [6.07, 6.45) is 8.85. The van der Waals surface area contributed by atoms with Gasteiger partial charge in [-0.3, -0.25) is 14.6 Å². The lowest BCUT2D eigenvalue weighted by atomic mass is 9.88. The summed E-state index contributed by atoms with van der Waals surface area (Å²) in [7, 11) is 1.91. The molecule has 1 aliphatic heterocycles. The lowest BCUT2D eigenvalue weighted by Crippen LogP contribution is -2.38. The van der Waals surface area contributed by atoms with E-state index in [0.29, 0.717) is 6.54 Å². The van der Waals surface area contributed by atoms with Gasteiger partial charge in [-0.1, -0.05) is 0 Å². The number of hydrogen-bond donors (Lipinski definition) is 3. The molecule has 3 heterocycles. The molecule has 0 aromatic carbocycles.